The molecule has 0 aliphatic heterocycles. The van der Waals surface area contributed by atoms with Crippen LogP contribution in [0.2, 0.25) is 0 Å². The van der Waals surface area contributed by atoms with Gasteiger partial charge in [0.1, 0.15) is 5.82 Å². The van der Waals surface area contributed by atoms with Crippen LogP contribution in [-0.2, 0) is 20.8 Å². The van der Waals surface area contributed by atoms with E-state index in [0.717, 1.165) is 10.0 Å². The molecule has 1 rings (SSSR count). The lowest BCUT2D eigenvalue weighted by atomic mass is 10.2. The number of carbonyl (C=O) groups is 1. The second kappa shape index (κ2) is 9.05. The van der Waals surface area contributed by atoms with Gasteiger partial charge in [-0.1, -0.05) is 22.0 Å². The molecule has 0 aliphatic rings. The number of ether oxygens (including phenoxy) is 2. The molecule has 0 N–H and O–H groups in total. The van der Waals surface area contributed by atoms with Gasteiger partial charge in [-0.3, -0.25) is 9.69 Å². The molecule has 0 spiro atoms. The molecule has 20 heavy (non-hydrogen) atoms. The molecule has 0 heterocycles. The fraction of sp³-hybridized carbons (Fsp3) is 0.500. The number of benzene rings is 1. The minimum absolute atomic E-state index is 0.245. The normalized spacial score (nSPS) is 10.8. The molecule has 0 fully saturated rings. The zero-order valence-corrected chi connectivity index (χ0v) is 13.3. The Labute approximate surface area is 127 Å². The highest BCUT2D eigenvalue weighted by molar-refractivity contribution is 9.10. The maximum Gasteiger partial charge on any atom is 0.306 e. The van der Waals surface area contributed by atoms with Crippen LogP contribution in [0.5, 0.6) is 0 Å². The van der Waals surface area contributed by atoms with Crippen LogP contribution < -0.4 is 0 Å². The van der Waals surface area contributed by atoms with Gasteiger partial charge in [-0.05, 0) is 17.7 Å². The Balaban J connectivity index is 2.65. The Morgan fingerprint density at radius 2 is 2.10 bits per heavy atom. The van der Waals surface area contributed by atoms with Gasteiger partial charge in [-0.25, -0.2) is 4.39 Å². The van der Waals surface area contributed by atoms with E-state index in [2.05, 4.69) is 25.6 Å². The Hall–Kier alpha value is -0.980. The predicted octanol–water partition coefficient (Wildman–Crippen LogP) is 2.60. The van der Waals surface area contributed by atoms with Crippen molar-refractivity contribution in [1.29, 1.82) is 0 Å². The van der Waals surface area contributed by atoms with Crippen LogP contribution in [0, 0.1) is 5.82 Å². The summed E-state index contributed by atoms with van der Waals surface area (Å²) in [6, 6.07) is 4.59. The number of hydrogen-bond acceptors (Lipinski definition) is 4. The minimum Gasteiger partial charge on any atom is -0.469 e. The van der Waals surface area contributed by atoms with Gasteiger partial charge in [0.05, 0.1) is 20.1 Å². The molecule has 4 nitrogen and oxygen atoms in total. The van der Waals surface area contributed by atoms with Crippen molar-refractivity contribution in [3.63, 3.8) is 0 Å². The summed E-state index contributed by atoms with van der Waals surface area (Å²) in [6.07, 6.45) is 0.318. The number of nitrogens with zero attached hydrogens (tertiary/aromatic N) is 1. The lowest BCUT2D eigenvalue weighted by Gasteiger charge is -2.22. The third-order valence-corrected chi connectivity index (χ3v) is 3.62. The van der Waals surface area contributed by atoms with Crippen LogP contribution in [0.1, 0.15) is 12.0 Å². The summed E-state index contributed by atoms with van der Waals surface area (Å²) in [6.45, 7) is 2.44. The number of halogens is 2. The van der Waals surface area contributed by atoms with Gasteiger partial charge in [-0.15, -0.1) is 0 Å². The molecule has 0 aliphatic carbocycles. The molecule has 0 bridgehead atoms. The van der Waals surface area contributed by atoms with Gasteiger partial charge in [0.2, 0.25) is 0 Å². The maximum atomic E-state index is 13.1. The van der Waals surface area contributed by atoms with E-state index in [1.807, 2.05) is 0 Å². The quantitative estimate of drug-likeness (QED) is 0.677. The van der Waals surface area contributed by atoms with Crippen molar-refractivity contribution >= 4 is 21.9 Å². The van der Waals surface area contributed by atoms with E-state index in [0.29, 0.717) is 32.7 Å². The van der Waals surface area contributed by atoms with Crippen molar-refractivity contribution in [2.45, 2.75) is 13.0 Å². The molecule has 0 radical (unpaired) electrons. The van der Waals surface area contributed by atoms with Gasteiger partial charge >= 0.3 is 5.97 Å². The fourth-order valence-corrected chi connectivity index (χ4v) is 2.21. The number of carbonyl (C=O) groups excluding carboxylic acids is 1. The average molecular weight is 348 g/mol. The highest BCUT2D eigenvalue weighted by Crippen LogP contribution is 2.19. The molecule has 112 valence electrons. The first-order chi connectivity index (χ1) is 9.56. The summed E-state index contributed by atoms with van der Waals surface area (Å²) >= 11 is 3.35. The third-order valence-electron chi connectivity index (χ3n) is 2.88. The highest BCUT2D eigenvalue weighted by Gasteiger charge is 2.11. The largest absolute Gasteiger partial charge is 0.469 e. The van der Waals surface area contributed by atoms with Gasteiger partial charge in [0.15, 0.2) is 0 Å². The average Bonchev–Trinajstić information content (AvgIpc) is 2.43. The van der Waals surface area contributed by atoms with Crippen LogP contribution in [0.3, 0.4) is 0 Å². The van der Waals surface area contributed by atoms with Crippen LogP contribution >= 0.6 is 15.9 Å². The molecule has 0 saturated carbocycles. The van der Waals surface area contributed by atoms with Gasteiger partial charge in [0, 0.05) is 31.2 Å². The van der Waals surface area contributed by atoms with Crippen molar-refractivity contribution in [2.75, 3.05) is 33.9 Å². The maximum absolute atomic E-state index is 13.1. The first-order valence-corrected chi connectivity index (χ1v) is 7.08. The van der Waals surface area contributed by atoms with Crippen molar-refractivity contribution < 1.29 is 18.7 Å². The number of esters is 1. The van der Waals surface area contributed by atoms with Gasteiger partial charge < -0.3 is 9.47 Å². The third kappa shape index (κ3) is 5.98. The molecular formula is C14H19BrFNO3. The summed E-state index contributed by atoms with van der Waals surface area (Å²) < 4.78 is 23.5. The van der Waals surface area contributed by atoms with E-state index in [4.69, 9.17) is 4.74 Å². The predicted molar refractivity (Wildman–Crippen MR) is 77.9 cm³/mol. The number of methoxy groups -OCH3 is 2. The molecule has 0 unspecified atom stereocenters. The van der Waals surface area contributed by atoms with Crippen LogP contribution in [0.25, 0.3) is 0 Å². The van der Waals surface area contributed by atoms with Crippen molar-refractivity contribution in [3.05, 3.63) is 34.1 Å². The molecule has 0 amide bonds. The lowest BCUT2D eigenvalue weighted by Crippen LogP contribution is -2.29. The van der Waals surface area contributed by atoms with E-state index < -0.39 is 0 Å². The van der Waals surface area contributed by atoms with Crippen molar-refractivity contribution in [1.82, 2.24) is 4.90 Å². The number of rotatable bonds is 8. The molecule has 1 aromatic rings. The summed E-state index contributed by atoms with van der Waals surface area (Å²) in [5, 5.41) is 0. The SMILES string of the molecule is COCCN(CCC(=O)OC)Cc1ccc(F)cc1Br. The second-order valence-corrected chi connectivity index (χ2v) is 5.19. The smallest absolute Gasteiger partial charge is 0.306 e. The van der Waals surface area contributed by atoms with Crippen LogP contribution in [-0.4, -0.2) is 44.8 Å². The molecule has 0 aromatic heterocycles. The zero-order valence-electron chi connectivity index (χ0n) is 11.7. The zero-order chi connectivity index (χ0) is 15.0. The summed E-state index contributed by atoms with van der Waals surface area (Å²) in [7, 11) is 3.00. The summed E-state index contributed by atoms with van der Waals surface area (Å²) in [4.78, 5) is 13.3. The topological polar surface area (TPSA) is 38.8 Å². The summed E-state index contributed by atoms with van der Waals surface area (Å²) in [5.41, 5.74) is 0.965. The molecule has 0 atom stereocenters. The van der Waals surface area contributed by atoms with E-state index >= 15 is 0 Å². The molecule has 1 aromatic carbocycles. The van der Waals surface area contributed by atoms with Crippen molar-refractivity contribution in [2.24, 2.45) is 0 Å². The fourth-order valence-electron chi connectivity index (χ4n) is 1.73. The first-order valence-electron chi connectivity index (χ1n) is 6.29. The molecular weight excluding hydrogens is 329 g/mol. The summed E-state index contributed by atoms with van der Waals surface area (Å²) in [5.74, 6) is -0.524. The Morgan fingerprint density at radius 1 is 1.35 bits per heavy atom. The second-order valence-electron chi connectivity index (χ2n) is 4.33. The van der Waals surface area contributed by atoms with Crippen molar-refractivity contribution in [3.8, 4) is 0 Å². The number of hydrogen-bond donors (Lipinski definition) is 0. The van der Waals surface area contributed by atoms with E-state index in [1.54, 1.807) is 13.2 Å². The monoisotopic (exact) mass is 347 g/mol. The Morgan fingerprint density at radius 3 is 2.70 bits per heavy atom. The molecule has 6 heteroatoms. The van der Waals surface area contributed by atoms with Gasteiger partial charge in [-0.2, -0.15) is 0 Å². The van der Waals surface area contributed by atoms with E-state index in [9.17, 15) is 9.18 Å². The van der Waals surface area contributed by atoms with Crippen LogP contribution in [0.15, 0.2) is 22.7 Å². The minimum atomic E-state index is -0.279. The highest BCUT2D eigenvalue weighted by atomic mass is 79.9. The van der Waals surface area contributed by atoms with Crippen LogP contribution in [0.4, 0.5) is 4.39 Å². The van der Waals surface area contributed by atoms with E-state index in [-0.39, 0.29) is 11.8 Å². The Kier molecular flexibility index (Phi) is 7.72. The lowest BCUT2D eigenvalue weighted by molar-refractivity contribution is -0.141. The van der Waals surface area contributed by atoms with Gasteiger partial charge in [0.25, 0.3) is 0 Å². The van der Waals surface area contributed by atoms with E-state index in [1.165, 1.54) is 19.2 Å². The standard InChI is InChI=1S/C14H19BrFNO3/c1-19-8-7-17(6-5-14(18)20-2)10-11-3-4-12(16)9-13(11)15/h3-4,9H,5-8,10H2,1-2H3. The Bertz CT molecular complexity index is 442. The molecule has 0 saturated heterocycles. The first kappa shape index (κ1) is 17.1.